The number of piperidine rings is 1. The van der Waals surface area contributed by atoms with E-state index in [0.29, 0.717) is 0 Å². The number of methoxy groups -OCH3 is 2. The average molecular weight is 571 g/mol. The number of Topliss-reactive ketones (excluding diaryl/α,β-unsaturated/α-hetero) is 1. The van der Waals surface area contributed by atoms with E-state index in [9.17, 15) is 66.1 Å². The molecule has 1 aliphatic heterocycles. The predicted octanol–water partition coefficient (Wildman–Crippen LogP) is -1.70. The number of nitrogens with zero attached hydrogens (tertiary/aromatic N) is 1. The van der Waals surface area contributed by atoms with Crippen molar-refractivity contribution in [3.63, 3.8) is 0 Å². The van der Waals surface area contributed by atoms with Gasteiger partial charge in [0.1, 0.15) is 5.56 Å². The van der Waals surface area contributed by atoms with E-state index in [1.54, 1.807) is 0 Å². The topological polar surface area (TPSA) is 282 Å². The number of phenols is 7. The number of fused-ring (bicyclic) bond motifs is 1. The number of ketones is 1. The number of phenolic OH excluding ortho intramolecular Hbond substituents is 7. The minimum Gasteiger partial charge on any atom is -0.504 e. The van der Waals surface area contributed by atoms with Crippen LogP contribution >= 0.6 is 0 Å². The molecule has 1 fully saturated rings. The molecule has 0 amide bonds. The molecule has 12 N–H and O–H groups in total. The SMILES string of the molecule is COc1c(O)c2c(c(O)c1OC)C(=O)C(O)(C(O)(O)C1CCN(C(O)(O)c3c(O)c(O)c(O)c(O)c3O)CC1)C2. The molecule has 0 aromatic heterocycles. The molecule has 40 heavy (non-hydrogen) atoms. The Hall–Kier alpha value is -3.93. The lowest BCUT2D eigenvalue weighted by Crippen LogP contribution is -2.64. The number of aromatic hydroxyl groups is 7. The van der Waals surface area contributed by atoms with Gasteiger partial charge >= 0.3 is 0 Å². The van der Waals surface area contributed by atoms with Crippen LogP contribution < -0.4 is 9.47 Å². The van der Waals surface area contributed by atoms with Crippen molar-refractivity contribution < 1.29 is 75.5 Å². The van der Waals surface area contributed by atoms with Crippen LogP contribution in [0.5, 0.6) is 51.7 Å². The Kier molecular flexibility index (Phi) is 6.78. The van der Waals surface area contributed by atoms with E-state index < -0.39 is 106 Å². The number of carbonyl (C=O) groups excluding carboxylic acids is 1. The summed E-state index contributed by atoms with van der Waals surface area (Å²) in [5.74, 6) is -18.1. The van der Waals surface area contributed by atoms with Crippen LogP contribution in [0.3, 0.4) is 0 Å². The molecule has 0 radical (unpaired) electrons. The first-order valence-corrected chi connectivity index (χ1v) is 11.8. The van der Waals surface area contributed by atoms with Gasteiger partial charge in [0.15, 0.2) is 28.6 Å². The maximum atomic E-state index is 13.3. The highest BCUT2D eigenvalue weighted by atomic mass is 16.5. The van der Waals surface area contributed by atoms with Gasteiger partial charge in [0.05, 0.1) is 19.8 Å². The highest BCUT2D eigenvalue weighted by molar-refractivity contribution is 6.11. The quantitative estimate of drug-likeness (QED) is 0.105. The smallest absolute Gasteiger partial charge is 0.261 e. The molecule has 1 unspecified atom stereocenters. The van der Waals surface area contributed by atoms with Gasteiger partial charge in [0.25, 0.3) is 5.91 Å². The van der Waals surface area contributed by atoms with E-state index in [0.717, 1.165) is 19.1 Å². The van der Waals surface area contributed by atoms with E-state index in [2.05, 4.69) is 0 Å². The number of rotatable bonds is 6. The number of carbonyl (C=O) groups is 1. The van der Waals surface area contributed by atoms with Crippen LogP contribution in [0.2, 0.25) is 0 Å². The lowest BCUT2D eigenvalue weighted by atomic mass is 9.76. The molecule has 16 heteroatoms. The summed E-state index contributed by atoms with van der Waals surface area (Å²) in [6.07, 6.45) is -1.53. The number of aliphatic hydroxyl groups is 5. The van der Waals surface area contributed by atoms with Crippen molar-refractivity contribution in [1.29, 1.82) is 0 Å². The predicted molar refractivity (Wildman–Crippen MR) is 128 cm³/mol. The second-order valence-corrected chi connectivity index (χ2v) is 9.72. The Bertz CT molecular complexity index is 1350. The second kappa shape index (κ2) is 9.33. The molecule has 16 nitrogen and oxygen atoms in total. The van der Waals surface area contributed by atoms with Gasteiger partial charge in [-0.25, -0.2) is 4.90 Å². The first kappa shape index (κ1) is 29.1. The summed E-state index contributed by atoms with van der Waals surface area (Å²) in [7, 11) is 2.26. The third-order valence-electron chi connectivity index (χ3n) is 7.72. The average Bonchev–Trinajstić information content (AvgIpc) is 3.20. The normalized spacial score (nSPS) is 20.5. The van der Waals surface area contributed by atoms with E-state index >= 15 is 0 Å². The van der Waals surface area contributed by atoms with Crippen molar-refractivity contribution in [1.82, 2.24) is 4.90 Å². The maximum absolute atomic E-state index is 13.3. The molecular formula is C24H29NO15. The van der Waals surface area contributed by atoms with Crippen molar-refractivity contribution in [2.75, 3.05) is 27.3 Å². The molecule has 2 aliphatic rings. The summed E-state index contributed by atoms with van der Waals surface area (Å²) in [5.41, 5.74) is -5.08. The summed E-state index contributed by atoms with van der Waals surface area (Å²) in [6, 6.07) is 0. The van der Waals surface area contributed by atoms with Crippen LogP contribution in [0.25, 0.3) is 0 Å². The molecule has 1 saturated heterocycles. The van der Waals surface area contributed by atoms with Crippen molar-refractivity contribution in [2.24, 2.45) is 5.92 Å². The summed E-state index contributed by atoms with van der Waals surface area (Å²) in [6.45, 7) is -0.867. The Balaban J connectivity index is 1.62. The lowest BCUT2D eigenvalue weighted by molar-refractivity contribution is -0.310. The highest BCUT2D eigenvalue weighted by Crippen LogP contribution is 2.56. The third-order valence-corrected chi connectivity index (χ3v) is 7.72. The minimum atomic E-state index is -3.27. The second-order valence-electron chi connectivity index (χ2n) is 9.72. The fourth-order valence-corrected chi connectivity index (χ4v) is 5.46. The van der Waals surface area contributed by atoms with Crippen LogP contribution in [0.15, 0.2) is 0 Å². The van der Waals surface area contributed by atoms with Gasteiger partial charge in [-0.15, -0.1) is 0 Å². The summed E-state index contributed by atoms with van der Waals surface area (Å²) in [5, 5.41) is 125. The van der Waals surface area contributed by atoms with E-state index in [4.69, 9.17) is 9.47 Å². The first-order valence-electron chi connectivity index (χ1n) is 11.8. The van der Waals surface area contributed by atoms with E-state index in [1.807, 2.05) is 0 Å². The summed E-state index contributed by atoms with van der Waals surface area (Å²) < 4.78 is 9.99. The Morgan fingerprint density at radius 2 is 1.20 bits per heavy atom. The molecule has 0 spiro atoms. The fraction of sp³-hybridized carbons (Fsp3) is 0.458. The molecule has 0 bridgehead atoms. The zero-order chi connectivity index (χ0) is 30.1. The van der Waals surface area contributed by atoms with Crippen LogP contribution in [-0.2, 0) is 12.3 Å². The molecule has 1 atom stereocenters. The van der Waals surface area contributed by atoms with Crippen LogP contribution in [0.1, 0.15) is 34.3 Å². The molecular weight excluding hydrogens is 542 g/mol. The third kappa shape index (κ3) is 3.72. The summed E-state index contributed by atoms with van der Waals surface area (Å²) in [4.78, 5) is 14.1. The van der Waals surface area contributed by atoms with Crippen LogP contribution in [-0.4, -0.2) is 111 Å². The van der Waals surface area contributed by atoms with Crippen LogP contribution in [0, 0.1) is 5.92 Å². The molecule has 1 aliphatic carbocycles. The standard InChI is InChI=1S/C24H29NO15/c1-39-19-12(26)9-7-22(34,21(33)10(9)13(27)20(19)40-2)23(35,36)8-3-5-25(6-4-8)24(37,38)11-14(28)16(30)18(32)17(31)15(11)29/h8,26-32,34-38H,3-7H2,1-2H3. The zero-order valence-electron chi connectivity index (χ0n) is 21.2. The molecule has 2 aromatic carbocycles. The van der Waals surface area contributed by atoms with Crippen LogP contribution in [0.4, 0.5) is 0 Å². The first-order chi connectivity index (χ1) is 18.5. The molecule has 2 aromatic rings. The molecule has 0 saturated carbocycles. The lowest BCUT2D eigenvalue weighted by Gasteiger charge is -2.46. The zero-order valence-corrected chi connectivity index (χ0v) is 21.2. The fourth-order valence-electron chi connectivity index (χ4n) is 5.46. The van der Waals surface area contributed by atoms with Gasteiger partial charge in [-0.3, -0.25) is 4.79 Å². The highest BCUT2D eigenvalue weighted by Gasteiger charge is 2.63. The van der Waals surface area contributed by atoms with Gasteiger partial charge in [-0.1, -0.05) is 0 Å². The largest absolute Gasteiger partial charge is 0.504 e. The molecule has 220 valence electrons. The van der Waals surface area contributed by atoms with Gasteiger partial charge in [-0.05, 0) is 12.8 Å². The number of hydrogen-bond donors (Lipinski definition) is 12. The Morgan fingerprint density at radius 1 is 0.750 bits per heavy atom. The minimum absolute atomic E-state index is 0.324. The number of likely N-dealkylation sites (tertiary alicyclic amines) is 1. The van der Waals surface area contributed by atoms with Gasteiger partial charge in [-0.2, -0.15) is 0 Å². The van der Waals surface area contributed by atoms with Crippen molar-refractivity contribution >= 4 is 5.78 Å². The van der Waals surface area contributed by atoms with Crippen molar-refractivity contribution in [3.8, 4) is 51.7 Å². The monoisotopic (exact) mass is 571 g/mol. The number of ether oxygens (including phenoxy) is 2. The van der Waals surface area contributed by atoms with Gasteiger partial charge in [0, 0.05) is 31.0 Å². The van der Waals surface area contributed by atoms with E-state index in [-0.39, 0.29) is 24.2 Å². The molecule has 4 rings (SSSR count). The Morgan fingerprint density at radius 3 is 1.68 bits per heavy atom. The van der Waals surface area contributed by atoms with Crippen molar-refractivity contribution in [3.05, 3.63) is 16.7 Å². The number of benzene rings is 2. The van der Waals surface area contributed by atoms with Crippen molar-refractivity contribution in [2.45, 2.75) is 36.6 Å². The molecule has 1 heterocycles. The van der Waals surface area contributed by atoms with E-state index in [1.165, 1.54) is 0 Å². The Labute approximate surface area is 225 Å². The number of hydrogen-bond acceptors (Lipinski definition) is 16. The van der Waals surface area contributed by atoms with Gasteiger partial charge in [0.2, 0.25) is 40.3 Å². The van der Waals surface area contributed by atoms with Gasteiger partial charge < -0.3 is 70.8 Å². The maximum Gasteiger partial charge on any atom is 0.261 e. The summed E-state index contributed by atoms with van der Waals surface area (Å²) >= 11 is 0.